The van der Waals surface area contributed by atoms with Crippen molar-refractivity contribution in [3.05, 3.63) is 217 Å². The summed E-state index contributed by atoms with van der Waals surface area (Å²) in [6.07, 6.45) is 8.50. The van der Waals surface area contributed by atoms with E-state index in [9.17, 15) is 0 Å². The fourth-order valence-corrected chi connectivity index (χ4v) is 12.9. The Hall–Kier alpha value is -6.64. The first-order chi connectivity index (χ1) is 30.9. The number of nitrogens with zero attached hydrogens (tertiary/aromatic N) is 2. The van der Waals surface area contributed by atoms with E-state index in [0.717, 1.165) is 46.2 Å². The Balaban J connectivity index is 1.00. The van der Waals surface area contributed by atoms with Crippen LogP contribution in [0.25, 0.3) is 33.4 Å². The average molecular weight is 815 g/mol. The normalized spacial score (nSPS) is 21.1. The van der Waals surface area contributed by atoms with E-state index in [1.165, 1.54) is 88.7 Å². The van der Waals surface area contributed by atoms with Gasteiger partial charge in [0.15, 0.2) is 0 Å². The molecule has 0 spiro atoms. The molecule has 4 saturated carbocycles. The molecule has 0 aromatic heterocycles. The Labute approximate surface area is 373 Å². The minimum Gasteiger partial charge on any atom is -0.310 e. The molecule has 4 fully saturated rings. The summed E-state index contributed by atoms with van der Waals surface area (Å²) in [6.45, 7) is 4.75. The molecule has 308 valence electrons. The summed E-state index contributed by atoms with van der Waals surface area (Å²) in [5.74, 6) is 2.75. The lowest BCUT2D eigenvalue weighted by atomic mass is 9.48. The number of para-hydroxylation sites is 1. The molecule has 0 unspecified atom stereocenters. The van der Waals surface area contributed by atoms with Crippen LogP contribution in [0.2, 0.25) is 0 Å². The summed E-state index contributed by atoms with van der Waals surface area (Å²) < 4.78 is 0. The lowest BCUT2D eigenvalue weighted by Gasteiger charge is -2.57. The fourth-order valence-electron chi connectivity index (χ4n) is 12.9. The van der Waals surface area contributed by atoms with Gasteiger partial charge >= 0.3 is 0 Å². The van der Waals surface area contributed by atoms with Gasteiger partial charge in [-0.15, -0.1) is 0 Å². The maximum absolute atomic E-state index is 2.49. The average Bonchev–Trinajstić information content (AvgIpc) is 3.55. The van der Waals surface area contributed by atoms with E-state index in [0.29, 0.717) is 5.41 Å². The summed E-state index contributed by atoms with van der Waals surface area (Å²) in [6, 6.07) is 74.7. The second-order valence-electron chi connectivity index (χ2n) is 19.6. The summed E-state index contributed by atoms with van der Waals surface area (Å²) in [7, 11) is 0. The first-order valence-electron chi connectivity index (χ1n) is 23.3. The summed E-state index contributed by atoms with van der Waals surface area (Å²) in [4.78, 5) is 4.95. The van der Waals surface area contributed by atoms with Crippen molar-refractivity contribution in [2.75, 3.05) is 9.80 Å². The van der Waals surface area contributed by atoms with Gasteiger partial charge in [-0.1, -0.05) is 153 Å². The predicted molar refractivity (Wildman–Crippen MR) is 264 cm³/mol. The molecule has 13 rings (SSSR count). The highest BCUT2D eigenvalue weighted by atomic mass is 15.2. The molecule has 4 bridgehead atoms. The zero-order valence-corrected chi connectivity index (χ0v) is 36.4. The van der Waals surface area contributed by atoms with Crippen LogP contribution in [-0.2, 0) is 10.8 Å². The van der Waals surface area contributed by atoms with Crippen LogP contribution in [0, 0.1) is 17.8 Å². The van der Waals surface area contributed by atoms with E-state index in [1.807, 2.05) is 0 Å². The van der Waals surface area contributed by atoms with Gasteiger partial charge < -0.3 is 9.80 Å². The summed E-state index contributed by atoms with van der Waals surface area (Å²) in [5, 5.41) is 0. The third kappa shape index (κ3) is 6.53. The molecule has 63 heavy (non-hydrogen) atoms. The Bertz CT molecular complexity index is 2910. The maximum atomic E-state index is 2.49. The highest BCUT2D eigenvalue weighted by molar-refractivity contribution is 5.92. The van der Waals surface area contributed by atoms with Crippen molar-refractivity contribution in [3.63, 3.8) is 0 Å². The maximum Gasteiger partial charge on any atom is 0.0540 e. The monoisotopic (exact) mass is 814 g/mol. The summed E-state index contributed by atoms with van der Waals surface area (Å²) >= 11 is 0. The van der Waals surface area contributed by atoms with Crippen molar-refractivity contribution in [1.82, 2.24) is 0 Å². The minimum atomic E-state index is -0.126. The van der Waals surface area contributed by atoms with Gasteiger partial charge in [0.2, 0.25) is 0 Å². The lowest BCUT2D eigenvalue weighted by molar-refractivity contribution is -0.00518. The number of hydrogen-bond donors (Lipinski definition) is 0. The second kappa shape index (κ2) is 15.0. The van der Waals surface area contributed by atoms with Crippen LogP contribution in [-0.4, -0.2) is 0 Å². The Morgan fingerprint density at radius 2 is 0.857 bits per heavy atom. The predicted octanol–water partition coefficient (Wildman–Crippen LogP) is 16.7. The molecule has 8 aromatic carbocycles. The Morgan fingerprint density at radius 1 is 0.365 bits per heavy atom. The van der Waals surface area contributed by atoms with Gasteiger partial charge in [0.1, 0.15) is 0 Å². The van der Waals surface area contributed by atoms with Crippen LogP contribution in [0.3, 0.4) is 0 Å². The fraction of sp³-hybridized carbons (Fsp3) is 0.213. The van der Waals surface area contributed by atoms with E-state index >= 15 is 0 Å². The zero-order valence-electron chi connectivity index (χ0n) is 36.4. The molecule has 0 heterocycles. The molecular weight excluding hydrogens is 761 g/mol. The highest BCUT2D eigenvalue weighted by Gasteiger charge is 2.51. The molecule has 5 aliphatic rings. The second-order valence-corrected chi connectivity index (χ2v) is 19.6. The molecule has 5 aliphatic carbocycles. The van der Waals surface area contributed by atoms with Gasteiger partial charge in [-0.05, 0) is 167 Å². The molecule has 2 heteroatoms. The first-order valence-corrected chi connectivity index (χ1v) is 23.3. The largest absolute Gasteiger partial charge is 0.310 e. The number of fused-ring (bicyclic) bond motifs is 3. The van der Waals surface area contributed by atoms with E-state index in [2.05, 4.69) is 224 Å². The van der Waals surface area contributed by atoms with Crippen molar-refractivity contribution in [2.24, 2.45) is 17.8 Å². The molecule has 2 nitrogen and oxygen atoms in total. The SMILES string of the molecule is CC1(C)c2ccccc2-c2ccc(N(c3cccc(N(c4ccc(-c5ccccc5)cc4)c4ccc(C56CC7CC(CC(C7)C5)C6)cc4)c3)c3ccccc3-c3ccccc3)cc21. The van der Waals surface area contributed by atoms with E-state index in [1.54, 1.807) is 5.56 Å². The van der Waals surface area contributed by atoms with E-state index in [4.69, 9.17) is 0 Å². The lowest BCUT2D eigenvalue weighted by Crippen LogP contribution is -2.48. The molecule has 0 radical (unpaired) electrons. The van der Waals surface area contributed by atoms with Crippen LogP contribution in [0.1, 0.15) is 69.1 Å². The standard InChI is InChI=1S/C61H54N2/c1-60(2)57-22-11-9-21-55(57)56-33-32-53(38-58(56)60)63(59-23-12-10-20-54(59)47-16-7-4-8-17-47)52-19-13-18-51(37-52)62(49-28-24-46(25-29-49)45-14-5-3-6-15-45)50-30-26-48(27-31-50)61-39-42-34-43(40-61)36-44(35-42)41-61/h3-33,37-38,42-44H,34-36,39-41H2,1-2H3. The number of benzene rings is 8. The number of anilines is 6. The van der Waals surface area contributed by atoms with Gasteiger partial charge in [-0.2, -0.15) is 0 Å². The number of rotatable bonds is 9. The van der Waals surface area contributed by atoms with Crippen LogP contribution < -0.4 is 9.80 Å². The minimum absolute atomic E-state index is 0.126. The molecule has 8 aromatic rings. The van der Waals surface area contributed by atoms with Crippen molar-refractivity contribution in [1.29, 1.82) is 0 Å². The van der Waals surface area contributed by atoms with Crippen LogP contribution in [0.15, 0.2) is 200 Å². The van der Waals surface area contributed by atoms with Crippen molar-refractivity contribution in [2.45, 2.75) is 63.2 Å². The van der Waals surface area contributed by atoms with Crippen LogP contribution >= 0.6 is 0 Å². The zero-order chi connectivity index (χ0) is 42.1. The van der Waals surface area contributed by atoms with Crippen molar-refractivity contribution >= 4 is 34.1 Å². The molecule has 0 atom stereocenters. The first kappa shape index (κ1) is 38.1. The highest BCUT2D eigenvalue weighted by Crippen LogP contribution is 2.61. The van der Waals surface area contributed by atoms with Crippen molar-refractivity contribution < 1.29 is 0 Å². The van der Waals surface area contributed by atoms with Gasteiger partial charge in [0.05, 0.1) is 5.69 Å². The third-order valence-corrected chi connectivity index (χ3v) is 15.4. The van der Waals surface area contributed by atoms with Crippen LogP contribution in [0.4, 0.5) is 34.1 Å². The van der Waals surface area contributed by atoms with Gasteiger partial charge in [0, 0.05) is 39.4 Å². The molecule has 0 aliphatic heterocycles. The number of hydrogen-bond acceptors (Lipinski definition) is 2. The molecule has 0 saturated heterocycles. The summed E-state index contributed by atoms with van der Waals surface area (Å²) in [5.41, 5.74) is 18.9. The smallest absolute Gasteiger partial charge is 0.0540 e. The Morgan fingerprint density at radius 3 is 1.52 bits per heavy atom. The van der Waals surface area contributed by atoms with E-state index < -0.39 is 0 Å². The van der Waals surface area contributed by atoms with Gasteiger partial charge in [-0.3, -0.25) is 0 Å². The van der Waals surface area contributed by atoms with E-state index in [-0.39, 0.29) is 5.41 Å². The van der Waals surface area contributed by atoms with Gasteiger partial charge in [0.25, 0.3) is 0 Å². The van der Waals surface area contributed by atoms with Gasteiger partial charge in [-0.25, -0.2) is 0 Å². The van der Waals surface area contributed by atoms with Crippen LogP contribution in [0.5, 0.6) is 0 Å². The third-order valence-electron chi connectivity index (χ3n) is 15.4. The molecule has 0 amide bonds. The van der Waals surface area contributed by atoms with Crippen molar-refractivity contribution in [3.8, 4) is 33.4 Å². The quantitative estimate of drug-likeness (QED) is 0.143. The molecular formula is C61H54N2. The topological polar surface area (TPSA) is 6.48 Å². The Kier molecular flexibility index (Phi) is 9.08. The molecule has 0 N–H and O–H groups in total.